The second-order valence-electron chi connectivity index (χ2n) is 5.02. The summed E-state index contributed by atoms with van der Waals surface area (Å²) in [7, 11) is -3.27. The molecule has 106 valence electrons. The van der Waals surface area contributed by atoms with Crippen LogP contribution in [0.3, 0.4) is 0 Å². The van der Waals surface area contributed by atoms with Gasteiger partial charge in [0, 0.05) is 5.56 Å². The summed E-state index contributed by atoms with van der Waals surface area (Å²) in [5, 5.41) is 0. The predicted octanol–water partition coefficient (Wildman–Crippen LogP) is 3.09. The Morgan fingerprint density at radius 3 is 2.37 bits per heavy atom. The zero-order valence-electron chi connectivity index (χ0n) is 11.9. The predicted molar refractivity (Wildman–Crippen MR) is 78.4 cm³/mol. The molecule has 1 rings (SSSR count). The van der Waals surface area contributed by atoms with E-state index < -0.39 is 9.84 Å². The number of aryl methyl sites for hydroxylation is 2. The Hall–Kier alpha value is -1.16. The second kappa shape index (κ2) is 6.85. The van der Waals surface area contributed by atoms with Crippen molar-refractivity contribution in [3.63, 3.8) is 0 Å². The average Bonchev–Trinajstić information content (AvgIpc) is 2.32. The van der Waals surface area contributed by atoms with E-state index in [0.29, 0.717) is 12.0 Å². The summed E-state index contributed by atoms with van der Waals surface area (Å²) in [6, 6.07) is 5.32. The van der Waals surface area contributed by atoms with Crippen LogP contribution in [-0.2, 0) is 9.84 Å². The van der Waals surface area contributed by atoms with Gasteiger partial charge >= 0.3 is 0 Å². The highest BCUT2D eigenvalue weighted by molar-refractivity contribution is 7.92. The molecule has 19 heavy (non-hydrogen) atoms. The zero-order valence-corrected chi connectivity index (χ0v) is 12.7. The quantitative estimate of drug-likeness (QED) is 0.570. The van der Waals surface area contributed by atoms with Gasteiger partial charge in [0.2, 0.25) is 0 Å². The van der Waals surface area contributed by atoms with Gasteiger partial charge in [-0.1, -0.05) is 31.9 Å². The van der Waals surface area contributed by atoms with E-state index in [9.17, 15) is 13.2 Å². The van der Waals surface area contributed by atoms with E-state index >= 15 is 0 Å². The molecule has 0 N–H and O–H groups in total. The van der Waals surface area contributed by atoms with E-state index in [4.69, 9.17) is 0 Å². The molecule has 0 amide bonds. The van der Waals surface area contributed by atoms with Gasteiger partial charge in [0.15, 0.2) is 15.6 Å². The topological polar surface area (TPSA) is 51.2 Å². The fourth-order valence-electron chi connectivity index (χ4n) is 1.84. The fourth-order valence-corrected chi connectivity index (χ4v) is 3.20. The third kappa shape index (κ3) is 5.15. The number of carbonyl (C=O) groups is 1. The van der Waals surface area contributed by atoms with Gasteiger partial charge in [-0.3, -0.25) is 4.79 Å². The van der Waals surface area contributed by atoms with E-state index in [-0.39, 0.29) is 17.3 Å². The van der Waals surface area contributed by atoms with Crippen LogP contribution in [0.25, 0.3) is 0 Å². The van der Waals surface area contributed by atoms with E-state index in [0.717, 1.165) is 24.0 Å². The van der Waals surface area contributed by atoms with E-state index in [2.05, 4.69) is 0 Å². The third-order valence-corrected chi connectivity index (χ3v) is 4.85. The van der Waals surface area contributed by atoms with Crippen molar-refractivity contribution in [2.24, 2.45) is 0 Å². The maximum atomic E-state index is 12.0. The molecule has 0 aromatic heterocycles. The Balaban J connectivity index is 2.70. The van der Waals surface area contributed by atoms with Gasteiger partial charge in [-0.2, -0.15) is 0 Å². The van der Waals surface area contributed by atoms with Crippen LogP contribution in [0.2, 0.25) is 0 Å². The minimum absolute atomic E-state index is 0.109. The monoisotopic (exact) mass is 282 g/mol. The third-order valence-electron chi connectivity index (χ3n) is 3.24. The molecule has 4 heteroatoms. The lowest BCUT2D eigenvalue weighted by Crippen LogP contribution is -2.19. The highest BCUT2D eigenvalue weighted by Gasteiger charge is 2.17. The molecule has 0 bridgehead atoms. The number of benzene rings is 1. The molecule has 3 nitrogen and oxygen atoms in total. The molecule has 0 heterocycles. The molecule has 0 aliphatic rings. The number of Topliss-reactive ketones (excluding diaryl/α,β-unsaturated/α-hetero) is 1. The van der Waals surface area contributed by atoms with Gasteiger partial charge in [-0.25, -0.2) is 8.42 Å². The highest BCUT2D eigenvalue weighted by atomic mass is 32.2. The minimum atomic E-state index is -3.27. The summed E-state index contributed by atoms with van der Waals surface area (Å²) in [6.07, 6.45) is 2.50. The normalized spacial score (nSPS) is 11.5. The maximum absolute atomic E-state index is 12.0. The summed E-state index contributed by atoms with van der Waals surface area (Å²) in [5.74, 6) is -0.573. The molecule has 0 radical (unpaired) electrons. The van der Waals surface area contributed by atoms with Crippen LogP contribution in [0, 0.1) is 13.8 Å². The second-order valence-corrected chi connectivity index (χ2v) is 7.21. The molecule has 0 aliphatic carbocycles. The van der Waals surface area contributed by atoms with Crippen LogP contribution >= 0.6 is 0 Å². The van der Waals surface area contributed by atoms with Crippen LogP contribution in [-0.4, -0.2) is 25.7 Å². The number of rotatable bonds is 7. The van der Waals surface area contributed by atoms with Gasteiger partial charge in [0.05, 0.1) is 5.75 Å². The van der Waals surface area contributed by atoms with Crippen molar-refractivity contribution in [2.75, 3.05) is 11.5 Å². The summed E-state index contributed by atoms with van der Waals surface area (Å²) >= 11 is 0. The Kier molecular flexibility index (Phi) is 5.73. The fraction of sp³-hybridized carbons (Fsp3) is 0.533. The molecule has 0 atom stereocenters. The summed E-state index contributed by atoms with van der Waals surface area (Å²) in [4.78, 5) is 12.0. The average molecular weight is 282 g/mol. The molecule has 1 aromatic rings. The first-order valence-electron chi connectivity index (χ1n) is 6.66. The Bertz CT molecular complexity index is 545. The van der Waals surface area contributed by atoms with Crippen molar-refractivity contribution in [1.82, 2.24) is 0 Å². The lowest BCUT2D eigenvalue weighted by Gasteiger charge is -2.06. The number of hydrogen-bond donors (Lipinski definition) is 0. The lowest BCUT2D eigenvalue weighted by atomic mass is 10.0. The number of carbonyl (C=O) groups excluding carboxylic acids is 1. The smallest absolute Gasteiger partial charge is 0.177 e. The SMILES string of the molecule is CCCCCS(=O)(=O)CC(=O)c1ccc(C)c(C)c1. The van der Waals surface area contributed by atoms with Crippen molar-refractivity contribution in [3.8, 4) is 0 Å². The van der Waals surface area contributed by atoms with Gasteiger partial charge in [0.25, 0.3) is 0 Å². The maximum Gasteiger partial charge on any atom is 0.177 e. The lowest BCUT2D eigenvalue weighted by molar-refractivity contribution is 0.102. The standard InChI is InChI=1S/C15H22O3S/c1-4-5-6-9-19(17,18)11-15(16)14-8-7-12(2)13(3)10-14/h7-8,10H,4-6,9,11H2,1-3H3. The van der Waals surface area contributed by atoms with Gasteiger partial charge in [0.1, 0.15) is 5.75 Å². The summed E-state index contributed by atoms with van der Waals surface area (Å²) in [5.41, 5.74) is 2.60. The number of ketones is 1. The van der Waals surface area contributed by atoms with Crippen LogP contribution in [0.4, 0.5) is 0 Å². The largest absolute Gasteiger partial charge is 0.293 e. The Morgan fingerprint density at radius 1 is 1.11 bits per heavy atom. The highest BCUT2D eigenvalue weighted by Crippen LogP contribution is 2.12. The number of sulfone groups is 1. The molecule has 0 saturated carbocycles. The van der Waals surface area contributed by atoms with Crippen molar-refractivity contribution in [3.05, 3.63) is 34.9 Å². The summed E-state index contributed by atoms with van der Waals surface area (Å²) in [6.45, 7) is 5.90. The molecular formula is C15H22O3S. The molecule has 0 spiro atoms. The molecule has 0 fully saturated rings. The molecule has 0 saturated heterocycles. The first-order chi connectivity index (χ1) is 8.85. The Labute approximate surface area is 116 Å². The van der Waals surface area contributed by atoms with Crippen molar-refractivity contribution in [1.29, 1.82) is 0 Å². The molecule has 0 unspecified atom stereocenters. The van der Waals surface area contributed by atoms with Crippen LogP contribution < -0.4 is 0 Å². The van der Waals surface area contributed by atoms with Crippen LogP contribution in [0.5, 0.6) is 0 Å². The van der Waals surface area contributed by atoms with Crippen molar-refractivity contribution >= 4 is 15.6 Å². The van der Waals surface area contributed by atoms with E-state index in [1.807, 2.05) is 26.8 Å². The van der Waals surface area contributed by atoms with Gasteiger partial charge in [-0.15, -0.1) is 0 Å². The van der Waals surface area contributed by atoms with Crippen molar-refractivity contribution in [2.45, 2.75) is 40.0 Å². The molecular weight excluding hydrogens is 260 g/mol. The number of unbranched alkanes of at least 4 members (excludes halogenated alkanes) is 2. The van der Waals surface area contributed by atoms with E-state index in [1.165, 1.54) is 0 Å². The first kappa shape index (κ1) is 15.9. The van der Waals surface area contributed by atoms with Gasteiger partial charge in [-0.05, 0) is 37.5 Å². The van der Waals surface area contributed by atoms with E-state index in [1.54, 1.807) is 12.1 Å². The Morgan fingerprint density at radius 2 is 1.79 bits per heavy atom. The zero-order chi connectivity index (χ0) is 14.5. The van der Waals surface area contributed by atoms with Crippen LogP contribution in [0.1, 0.15) is 47.7 Å². The van der Waals surface area contributed by atoms with Gasteiger partial charge < -0.3 is 0 Å². The number of hydrogen-bond acceptors (Lipinski definition) is 3. The molecule has 1 aromatic carbocycles. The minimum Gasteiger partial charge on any atom is -0.293 e. The van der Waals surface area contributed by atoms with Crippen LogP contribution in [0.15, 0.2) is 18.2 Å². The first-order valence-corrected chi connectivity index (χ1v) is 8.48. The van der Waals surface area contributed by atoms with Crippen molar-refractivity contribution < 1.29 is 13.2 Å². The summed E-state index contributed by atoms with van der Waals surface area (Å²) < 4.78 is 23.6. The molecule has 0 aliphatic heterocycles.